The Morgan fingerprint density at radius 1 is 1.15 bits per heavy atom. The topological polar surface area (TPSA) is 108 Å². The molecular weight excluding hydrogens is 523 g/mol. The molecule has 0 saturated heterocycles. The summed E-state index contributed by atoms with van der Waals surface area (Å²) in [4.78, 5) is 34.4. The molecule has 6 rings (SSSR count). The number of nitrogens with one attached hydrogen (secondary N) is 1. The van der Waals surface area contributed by atoms with E-state index in [1.54, 1.807) is 18.6 Å². The van der Waals surface area contributed by atoms with E-state index in [0.29, 0.717) is 5.92 Å². The van der Waals surface area contributed by atoms with Crippen LogP contribution in [0.15, 0.2) is 47.9 Å². The number of nitrogens with zero attached hydrogens (tertiary/aromatic N) is 6. The molecule has 40 heavy (non-hydrogen) atoms. The number of carbonyl (C=O) groups is 1. The van der Waals surface area contributed by atoms with Crippen molar-refractivity contribution in [1.82, 2.24) is 34.6 Å². The van der Waals surface area contributed by atoms with E-state index in [4.69, 9.17) is 0 Å². The largest absolute Gasteiger partial charge is 0.418 e. The molecular formula is C28H28F3N7O2. The number of pyridine rings is 1. The first-order chi connectivity index (χ1) is 19.1. The normalized spacial score (nSPS) is 21.2. The molecule has 1 amide bonds. The molecule has 208 valence electrons. The first kappa shape index (κ1) is 26.1. The summed E-state index contributed by atoms with van der Waals surface area (Å²) in [6.45, 7) is 2.04. The summed E-state index contributed by atoms with van der Waals surface area (Å²) >= 11 is 0. The van der Waals surface area contributed by atoms with Gasteiger partial charge in [-0.25, -0.2) is 9.97 Å². The predicted octanol–water partition coefficient (Wildman–Crippen LogP) is 4.06. The molecule has 2 aliphatic rings. The van der Waals surface area contributed by atoms with E-state index in [1.165, 1.54) is 6.07 Å². The van der Waals surface area contributed by atoms with Gasteiger partial charge in [0.2, 0.25) is 5.91 Å². The number of alkyl halides is 3. The van der Waals surface area contributed by atoms with E-state index in [2.05, 4.69) is 32.4 Å². The van der Waals surface area contributed by atoms with E-state index in [1.807, 2.05) is 17.7 Å². The van der Waals surface area contributed by atoms with Crippen molar-refractivity contribution in [1.29, 1.82) is 0 Å². The third-order valence-corrected chi connectivity index (χ3v) is 8.25. The molecule has 1 N–H and O–H groups in total. The maximum absolute atomic E-state index is 14.0. The third-order valence-electron chi connectivity index (χ3n) is 8.25. The van der Waals surface area contributed by atoms with Gasteiger partial charge in [-0.2, -0.15) is 13.2 Å². The second-order valence-electron chi connectivity index (χ2n) is 11.1. The number of fused-ring (bicyclic) bond motifs is 1. The fourth-order valence-electron chi connectivity index (χ4n) is 6.02. The molecule has 12 heteroatoms. The molecule has 4 aromatic rings. The van der Waals surface area contributed by atoms with Crippen LogP contribution in [0.5, 0.6) is 0 Å². The molecule has 2 saturated carbocycles. The minimum absolute atomic E-state index is 0.108. The zero-order valence-electron chi connectivity index (χ0n) is 22.1. The monoisotopic (exact) mass is 551 g/mol. The van der Waals surface area contributed by atoms with E-state index in [-0.39, 0.29) is 35.1 Å². The Kier molecular flexibility index (Phi) is 6.23. The van der Waals surface area contributed by atoms with Crippen molar-refractivity contribution in [3.8, 4) is 5.82 Å². The van der Waals surface area contributed by atoms with Crippen molar-refractivity contribution in [2.75, 3.05) is 0 Å². The molecule has 3 heterocycles. The molecule has 9 nitrogen and oxygen atoms in total. The molecule has 0 aliphatic heterocycles. The van der Waals surface area contributed by atoms with Crippen LogP contribution >= 0.6 is 0 Å². The van der Waals surface area contributed by atoms with E-state index in [9.17, 15) is 22.8 Å². The van der Waals surface area contributed by atoms with Gasteiger partial charge in [0.25, 0.3) is 5.56 Å². The number of aryl methyl sites for hydroxylation is 1. The maximum atomic E-state index is 14.0. The summed E-state index contributed by atoms with van der Waals surface area (Å²) in [6, 6.07) is 5.95. The Morgan fingerprint density at radius 2 is 1.93 bits per heavy atom. The van der Waals surface area contributed by atoms with Gasteiger partial charge in [0, 0.05) is 25.7 Å². The second kappa shape index (κ2) is 9.53. The van der Waals surface area contributed by atoms with Crippen LogP contribution in [-0.4, -0.2) is 35.2 Å². The Balaban J connectivity index is 1.42. The number of aromatic nitrogens is 6. The summed E-state index contributed by atoms with van der Waals surface area (Å²) in [5.41, 5.74) is -1.48. The minimum atomic E-state index is -4.74. The van der Waals surface area contributed by atoms with Gasteiger partial charge in [-0.3, -0.25) is 14.2 Å². The second-order valence-corrected chi connectivity index (χ2v) is 11.1. The van der Waals surface area contributed by atoms with Gasteiger partial charge >= 0.3 is 6.18 Å². The van der Waals surface area contributed by atoms with Gasteiger partial charge in [-0.1, -0.05) is 13.3 Å². The molecule has 3 aromatic heterocycles. The van der Waals surface area contributed by atoms with Gasteiger partial charge in [0.1, 0.15) is 24.3 Å². The van der Waals surface area contributed by atoms with Crippen molar-refractivity contribution in [3.63, 3.8) is 0 Å². The molecule has 1 aromatic carbocycles. The molecule has 0 spiro atoms. The van der Waals surface area contributed by atoms with Crippen LogP contribution in [0.2, 0.25) is 0 Å². The fourth-order valence-corrected chi connectivity index (χ4v) is 6.02. The first-order valence-corrected chi connectivity index (χ1v) is 13.3. The van der Waals surface area contributed by atoms with E-state index in [0.717, 1.165) is 60.5 Å². The number of hydrogen-bond acceptors (Lipinski definition) is 6. The average Bonchev–Trinajstić information content (AvgIpc) is 3.29. The standard InChI is InChI=1S/C28H28F3N7O2/c1-16-11-27(12-16,26-36-35-15-37(26)2)19-6-7-32-22(10-19)38-14-34-23-20(25(38)40)8-17(9-21(23)28(29,30)31)13-33-24(39)18-4-3-5-18/h6-10,14-16,18H,3-5,11-13H2,1-2H3,(H,33,39). The number of hydrogen-bond donors (Lipinski definition) is 1. The number of carbonyl (C=O) groups excluding carboxylic acids is 1. The highest BCUT2D eigenvalue weighted by molar-refractivity contribution is 5.83. The van der Waals surface area contributed by atoms with Crippen LogP contribution in [0.1, 0.15) is 61.5 Å². The van der Waals surface area contributed by atoms with E-state index >= 15 is 0 Å². The predicted molar refractivity (Wildman–Crippen MR) is 140 cm³/mol. The van der Waals surface area contributed by atoms with Crippen LogP contribution in [0.4, 0.5) is 13.2 Å². The Bertz CT molecular complexity index is 1670. The van der Waals surface area contributed by atoms with Crippen LogP contribution in [0, 0.1) is 11.8 Å². The highest BCUT2D eigenvalue weighted by Gasteiger charge is 2.48. The molecule has 2 fully saturated rings. The lowest BCUT2D eigenvalue weighted by molar-refractivity contribution is -0.136. The summed E-state index contributed by atoms with van der Waals surface area (Å²) in [5, 5.41) is 10.9. The third kappa shape index (κ3) is 4.35. The number of rotatable bonds is 6. The maximum Gasteiger partial charge on any atom is 0.418 e. The SMILES string of the molecule is CC1CC(c2ccnc(-n3cnc4c(C(F)(F)F)cc(CNC(=O)C5CCC5)cc4c3=O)c2)(c2nncn2C)C1. The lowest BCUT2D eigenvalue weighted by atomic mass is 9.58. The Labute approximate surface area is 227 Å². The molecule has 0 unspecified atom stereocenters. The average molecular weight is 552 g/mol. The summed E-state index contributed by atoms with van der Waals surface area (Å²) in [5.74, 6) is 1.21. The molecule has 2 aliphatic carbocycles. The highest BCUT2D eigenvalue weighted by atomic mass is 19.4. The zero-order chi connectivity index (χ0) is 28.2. The number of benzene rings is 1. The van der Waals surface area contributed by atoms with Crippen molar-refractivity contribution in [2.24, 2.45) is 18.9 Å². The van der Waals surface area contributed by atoms with Crippen molar-refractivity contribution in [2.45, 2.75) is 57.2 Å². The highest BCUT2D eigenvalue weighted by Crippen LogP contribution is 2.51. The molecule has 0 radical (unpaired) electrons. The first-order valence-electron chi connectivity index (χ1n) is 13.3. The smallest absolute Gasteiger partial charge is 0.352 e. The number of amides is 1. The summed E-state index contributed by atoms with van der Waals surface area (Å²) < 4.78 is 45.1. The van der Waals surface area contributed by atoms with Crippen LogP contribution in [-0.2, 0) is 30.0 Å². The molecule has 0 atom stereocenters. The van der Waals surface area contributed by atoms with Crippen molar-refractivity contribution >= 4 is 16.8 Å². The van der Waals surface area contributed by atoms with Crippen LogP contribution in [0.25, 0.3) is 16.7 Å². The van der Waals surface area contributed by atoms with E-state index < -0.39 is 28.2 Å². The van der Waals surface area contributed by atoms with Gasteiger partial charge < -0.3 is 9.88 Å². The van der Waals surface area contributed by atoms with Crippen LogP contribution < -0.4 is 10.9 Å². The van der Waals surface area contributed by atoms with Crippen molar-refractivity contribution < 1.29 is 18.0 Å². The fraction of sp³-hybridized carbons (Fsp3) is 0.429. The van der Waals surface area contributed by atoms with Gasteiger partial charge in [-0.15, -0.1) is 10.2 Å². The van der Waals surface area contributed by atoms with Crippen molar-refractivity contribution in [3.05, 3.63) is 76.0 Å². The summed E-state index contributed by atoms with van der Waals surface area (Å²) in [6.07, 6.45) is 3.75. The van der Waals surface area contributed by atoms with Gasteiger partial charge in [-0.05, 0) is 67.0 Å². The van der Waals surface area contributed by atoms with Gasteiger partial charge in [0.15, 0.2) is 0 Å². The Morgan fingerprint density at radius 3 is 2.55 bits per heavy atom. The minimum Gasteiger partial charge on any atom is -0.352 e. The lowest BCUT2D eigenvalue weighted by Crippen LogP contribution is -2.43. The Hall–Kier alpha value is -4.09. The lowest BCUT2D eigenvalue weighted by Gasteiger charge is -2.46. The molecule has 0 bridgehead atoms. The number of halogens is 3. The quantitative estimate of drug-likeness (QED) is 0.387. The van der Waals surface area contributed by atoms with Gasteiger partial charge in [0.05, 0.1) is 21.9 Å². The zero-order valence-corrected chi connectivity index (χ0v) is 22.1. The van der Waals surface area contributed by atoms with Crippen LogP contribution in [0.3, 0.4) is 0 Å². The summed E-state index contributed by atoms with van der Waals surface area (Å²) in [7, 11) is 1.88.